The van der Waals surface area contributed by atoms with Crippen LogP contribution in [0.1, 0.15) is 6.42 Å². The summed E-state index contributed by atoms with van der Waals surface area (Å²) in [5.41, 5.74) is 0.604. The van der Waals surface area contributed by atoms with Gasteiger partial charge in [0.05, 0.1) is 21.7 Å². The van der Waals surface area contributed by atoms with Crippen molar-refractivity contribution in [2.45, 2.75) is 11.3 Å². The highest BCUT2D eigenvalue weighted by atomic mass is 35.5. The number of hydrogen-bond acceptors (Lipinski definition) is 7. The summed E-state index contributed by atoms with van der Waals surface area (Å²) in [7, 11) is 1.56. The Morgan fingerprint density at radius 2 is 1.84 bits per heavy atom. The summed E-state index contributed by atoms with van der Waals surface area (Å²) in [6, 6.07) is 11.4. The van der Waals surface area contributed by atoms with Crippen molar-refractivity contribution in [1.29, 1.82) is 0 Å². The van der Waals surface area contributed by atoms with E-state index in [9.17, 15) is 13.2 Å². The molecular formula is C21H24ClN3O4S2. The molecule has 31 heavy (non-hydrogen) atoms. The van der Waals surface area contributed by atoms with Gasteiger partial charge in [-0.3, -0.25) is 9.69 Å². The third-order valence-electron chi connectivity index (χ3n) is 4.61. The number of ether oxygens (including phenoxy) is 1. The zero-order valence-electron chi connectivity index (χ0n) is 17.5. The maximum Gasteiger partial charge on any atom is 0.244 e. The molecule has 1 aromatic heterocycles. The number of thiazole rings is 1. The van der Waals surface area contributed by atoms with Crippen LogP contribution in [0.15, 0.2) is 47.4 Å². The molecule has 2 aromatic carbocycles. The van der Waals surface area contributed by atoms with E-state index < -0.39 is 21.5 Å². The lowest BCUT2D eigenvalue weighted by Gasteiger charge is -2.21. The van der Waals surface area contributed by atoms with Gasteiger partial charge in [-0.1, -0.05) is 29.0 Å². The van der Waals surface area contributed by atoms with Gasteiger partial charge in [-0.25, -0.2) is 13.4 Å². The molecule has 0 saturated heterocycles. The zero-order valence-corrected chi connectivity index (χ0v) is 19.9. The lowest BCUT2D eigenvalue weighted by molar-refractivity contribution is -0.116. The second-order valence-electron chi connectivity index (χ2n) is 7.22. The van der Waals surface area contributed by atoms with E-state index in [0.717, 1.165) is 11.2 Å². The monoisotopic (exact) mass is 481 g/mol. The van der Waals surface area contributed by atoms with Crippen LogP contribution in [-0.4, -0.2) is 64.3 Å². The second-order valence-corrected chi connectivity index (χ2v) is 10.6. The van der Waals surface area contributed by atoms with Gasteiger partial charge in [0.15, 0.2) is 15.0 Å². The van der Waals surface area contributed by atoms with Gasteiger partial charge in [0.1, 0.15) is 17.0 Å². The third kappa shape index (κ3) is 5.74. The summed E-state index contributed by atoms with van der Waals surface area (Å²) in [4.78, 5) is 21.2. The van der Waals surface area contributed by atoms with Crippen LogP contribution in [0.2, 0.25) is 5.02 Å². The summed E-state index contributed by atoms with van der Waals surface area (Å²) >= 11 is 7.56. The van der Waals surface area contributed by atoms with Crippen molar-refractivity contribution in [3.8, 4) is 5.75 Å². The number of nitrogens with zero attached hydrogens (tertiary/aromatic N) is 3. The van der Waals surface area contributed by atoms with Gasteiger partial charge in [-0.15, -0.1) is 0 Å². The fourth-order valence-electron chi connectivity index (χ4n) is 3.00. The molecule has 166 valence electrons. The first-order valence-electron chi connectivity index (χ1n) is 9.58. The van der Waals surface area contributed by atoms with Gasteiger partial charge in [-0.05, 0) is 63.5 Å². The van der Waals surface area contributed by atoms with Crippen molar-refractivity contribution in [3.63, 3.8) is 0 Å². The van der Waals surface area contributed by atoms with E-state index in [1.54, 1.807) is 18.2 Å². The van der Waals surface area contributed by atoms with Crippen molar-refractivity contribution in [3.05, 3.63) is 47.5 Å². The lowest BCUT2D eigenvalue weighted by atomic mass is 10.3. The standard InChI is InChI=1S/C21H24ClN3O4S2/c1-24(2)12-5-13-25(21-23-20-17(22)6-4-7-18(20)30-21)19(26)14-31(27,28)16-10-8-15(29-3)9-11-16/h4,6-11H,5,12-14H2,1-3H3. The van der Waals surface area contributed by atoms with Crippen LogP contribution in [0, 0.1) is 0 Å². The van der Waals surface area contributed by atoms with Crippen LogP contribution >= 0.6 is 22.9 Å². The van der Waals surface area contributed by atoms with E-state index in [4.69, 9.17) is 16.3 Å². The molecule has 0 aliphatic heterocycles. The van der Waals surface area contributed by atoms with Crippen LogP contribution < -0.4 is 9.64 Å². The van der Waals surface area contributed by atoms with E-state index >= 15 is 0 Å². The number of hydrogen-bond donors (Lipinski definition) is 0. The van der Waals surface area contributed by atoms with Crippen LogP contribution in [0.4, 0.5) is 5.13 Å². The Bertz CT molecular complexity index is 1160. The number of carbonyl (C=O) groups is 1. The van der Waals surface area contributed by atoms with Gasteiger partial charge < -0.3 is 9.64 Å². The molecule has 0 fully saturated rings. The van der Waals surface area contributed by atoms with E-state index in [1.165, 1.54) is 35.5 Å². The molecule has 0 atom stereocenters. The molecule has 10 heteroatoms. The van der Waals surface area contributed by atoms with Crippen molar-refractivity contribution in [2.75, 3.05) is 44.9 Å². The average molecular weight is 482 g/mol. The van der Waals surface area contributed by atoms with Crippen LogP contribution in [0.3, 0.4) is 0 Å². The van der Waals surface area contributed by atoms with Crippen molar-refractivity contribution >= 4 is 54.0 Å². The number of halogens is 1. The molecule has 3 rings (SSSR count). The Morgan fingerprint density at radius 3 is 2.45 bits per heavy atom. The number of carbonyl (C=O) groups excluding carboxylic acids is 1. The third-order valence-corrected chi connectivity index (χ3v) is 7.58. The Kier molecular flexibility index (Phi) is 7.53. The van der Waals surface area contributed by atoms with Crippen molar-refractivity contribution < 1.29 is 17.9 Å². The number of fused-ring (bicyclic) bond motifs is 1. The maximum absolute atomic E-state index is 13.1. The Balaban J connectivity index is 1.88. The van der Waals surface area contributed by atoms with Gasteiger partial charge in [0, 0.05) is 6.54 Å². The highest BCUT2D eigenvalue weighted by Crippen LogP contribution is 2.33. The average Bonchev–Trinajstić information content (AvgIpc) is 3.16. The van der Waals surface area contributed by atoms with E-state index in [-0.39, 0.29) is 4.90 Å². The number of sulfone groups is 1. The quantitative estimate of drug-likeness (QED) is 0.463. The van der Waals surface area contributed by atoms with Crippen molar-refractivity contribution in [2.24, 2.45) is 0 Å². The Labute approximate surface area is 191 Å². The predicted molar refractivity (Wildman–Crippen MR) is 125 cm³/mol. The summed E-state index contributed by atoms with van der Waals surface area (Å²) in [6.45, 7) is 1.10. The molecule has 0 aliphatic rings. The van der Waals surface area contributed by atoms with Crippen molar-refractivity contribution in [1.82, 2.24) is 9.88 Å². The van der Waals surface area contributed by atoms with Gasteiger partial charge in [0.2, 0.25) is 5.91 Å². The zero-order chi connectivity index (χ0) is 22.6. The highest BCUT2D eigenvalue weighted by molar-refractivity contribution is 7.92. The largest absolute Gasteiger partial charge is 0.497 e. The number of methoxy groups -OCH3 is 1. The first-order chi connectivity index (χ1) is 14.7. The first-order valence-corrected chi connectivity index (χ1v) is 12.4. The molecule has 0 bridgehead atoms. The fraction of sp³-hybridized carbons (Fsp3) is 0.333. The van der Waals surface area contributed by atoms with E-state index in [2.05, 4.69) is 4.98 Å². The lowest BCUT2D eigenvalue weighted by Crippen LogP contribution is -2.37. The molecule has 0 N–H and O–H groups in total. The van der Waals surface area contributed by atoms with Crippen LogP contribution in [-0.2, 0) is 14.6 Å². The van der Waals surface area contributed by atoms with Crippen LogP contribution in [0.25, 0.3) is 10.2 Å². The molecular weight excluding hydrogens is 458 g/mol. The number of aromatic nitrogens is 1. The number of rotatable bonds is 9. The fourth-order valence-corrected chi connectivity index (χ4v) is 5.50. The summed E-state index contributed by atoms with van der Waals surface area (Å²) < 4.78 is 31.6. The smallest absolute Gasteiger partial charge is 0.244 e. The summed E-state index contributed by atoms with van der Waals surface area (Å²) in [6.07, 6.45) is 0.672. The second kappa shape index (κ2) is 9.95. The molecule has 3 aromatic rings. The minimum atomic E-state index is -3.82. The topological polar surface area (TPSA) is 79.8 Å². The van der Waals surface area contributed by atoms with Gasteiger partial charge >= 0.3 is 0 Å². The highest BCUT2D eigenvalue weighted by Gasteiger charge is 2.26. The molecule has 1 heterocycles. The first kappa shape index (κ1) is 23.5. The minimum absolute atomic E-state index is 0.0715. The normalized spacial score (nSPS) is 11.8. The summed E-state index contributed by atoms with van der Waals surface area (Å²) in [5, 5.41) is 0.934. The Hall–Kier alpha value is -2.20. The van der Waals surface area contributed by atoms with E-state index in [0.29, 0.717) is 34.4 Å². The van der Waals surface area contributed by atoms with E-state index in [1.807, 2.05) is 31.1 Å². The molecule has 0 unspecified atom stereocenters. The molecule has 0 radical (unpaired) electrons. The molecule has 7 nitrogen and oxygen atoms in total. The number of benzene rings is 2. The maximum atomic E-state index is 13.1. The molecule has 0 spiro atoms. The minimum Gasteiger partial charge on any atom is -0.497 e. The number of para-hydroxylation sites is 1. The molecule has 1 amide bonds. The van der Waals surface area contributed by atoms with Gasteiger partial charge in [0.25, 0.3) is 0 Å². The SMILES string of the molecule is COc1ccc(S(=O)(=O)CC(=O)N(CCCN(C)C)c2nc3c(Cl)cccc3s2)cc1. The number of anilines is 1. The molecule has 0 saturated carbocycles. The predicted octanol–water partition coefficient (Wildman–Crippen LogP) is 3.72. The summed E-state index contributed by atoms with van der Waals surface area (Å²) in [5.74, 6) is -0.628. The Morgan fingerprint density at radius 1 is 1.13 bits per heavy atom. The number of amides is 1. The molecule has 0 aliphatic carbocycles. The van der Waals surface area contributed by atoms with Gasteiger partial charge in [-0.2, -0.15) is 0 Å². The van der Waals surface area contributed by atoms with Crippen LogP contribution in [0.5, 0.6) is 5.75 Å².